The lowest BCUT2D eigenvalue weighted by Gasteiger charge is -2.20. The molecule has 0 bridgehead atoms. The third-order valence-corrected chi connectivity index (χ3v) is 3.54. The van der Waals surface area contributed by atoms with E-state index in [0.717, 1.165) is 31.0 Å². The lowest BCUT2D eigenvalue weighted by Crippen LogP contribution is -2.26. The number of fused-ring (bicyclic) bond motifs is 1. The molecule has 0 aromatic carbocycles. The highest BCUT2D eigenvalue weighted by Crippen LogP contribution is 2.29. The molecule has 3 rings (SSSR count). The van der Waals surface area contributed by atoms with Gasteiger partial charge in [0.15, 0.2) is 5.82 Å². The van der Waals surface area contributed by atoms with E-state index in [4.69, 9.17) is 0 Å². The van der Waals surface area contributed by atoms with Crippen molar-refractivity contribution in [2.75, 3.05) is 13.1 Å². The van der Waals surface area contributed by atoms with E-state index in [1.54, 1.807) is 16.5 Å². The fraction of sp³-hybridized carbons (Fsp3) is 0.500. The summed E-state index contributed by atoms with van der Waals surface area (Å²) in [6.45, 7) is 4.24. The number of H-pyrrole nitrogens is 1. The van der Waals surface area contributed by atoms with Crippen LogP contribution in [0.3, 0.4) is 0 Å². The molecule has 5 nitrogen and oxygen atoms in total. The SMILES string of the molecule is CCN1CCCC1c1n[nH]c2cccc(=O)n12. The van der Waals surface area contributed by atoms with E-state index in [2.05, 4.69) is 22.0 Å². The normalized spacial score (nSPS) is 21.4. The van der Waals surface area contributed by atoms with Crippen LogP contribution in [0.2, 0.25) is 0 Å². The van der Waals surface area contributed by atoms with Crippen LogP contribution in [-0.4, -0.2) is 32.6 Å². The summed E-state index contributed by atoms with van der Waals surface area (Å²) >= 11 is 0. The third kappa shape index (κ3) is 1.58. The molecule has 3 heterocycles. The van der Waals surface area contributed by atoms with Crippen LogP contribution in [0, 0.1) is 0 Å². The second kappa shape index (κ2) is 4.00. The summed E-state index contributed by atoms with van der Waals surface area (Å²) in [6, 6.07) is 5.49. The topological polar surface area (TPSA) is 53.4 Å². The second-order valence-electron chi connectivity index (χ2n) is 4.45. The molecule has 0 radical (unpaired) electrons. The molecule has 0 saturated carbocycles. The Morgan fingerprint density at radius 2 is 2.41 bits per heavy atom. The quantitative estimate of drug-likeness (QED) is 0.846. The standard InChI is InChI=1S/C12H16N4O/c1-2-15-8-4-5-9(15)12-14-13-10-6-3-7-11(17)16(10)12/h3,6-7,9,13H,2,4-5,8H2,1H3. The van der Waals surface area contributed by atoms with Crippen molar-refractivity contribution < 1.29 is 0 Å². The van der Waals surface area contributed by atoms with Crippen LogP contribution in [0.1, 0.15) is 31.6 Å². The van der Waals surface area contributed by atoms with Crippen molar-refractivity contribution in [1.29, 1.82) is 0 Å². The van der Waals surface area contributed by atoms with Gasteiger partial charge in [-0.1, -0.05) is 13.0 Å². The number of rotatable bonds is 2. The van der Waals surface area contributed by atoms with E-state index in [1.165, 1.54) is 6.42 Å². The summed E-state index contributed by atoms with van der Waals surface area (Å²) < 4.78 is 1.69. The molecular weight excluding hydrogens is 216 g/mol. The molecule has 1 saturated heterocycles. The van der Waals surface area contributed by atoms with E-state index in [0.29, 0.717) is 0 Å². The zero-order valence-electron chi connectivity index (χ0n) is 9.89. The maximum Gasteiger partial charge on any atom is 0.257 e. The smallest absolute Gasteiger partial charge is 0.257 e. The largest absolute Gasteiger partial charge is 0.294 e. The van der Waals surface area contributed by atoms with Crippen LogP contribution in [-0.2, 0) is 0 Å². The molecule has 90 valence electrons. The van der Waals surface area contributed by atoms with Crippen molar-refractivity contribution in [2.45, 2.75) is 25.8 Å². The van der Waals surface area contributed by atoms with Gasteiger partial charge in [-0.05, 0) is 32.0 Å². The second-order valence-corrected chi connectivity index (χ2v) is 4.45. The summed E-state index contributed by atoms with van der Waals surface area (Å²) in [5.41, 5.74) is 0.768. The molecule has 1 atom stereocenters. The van der Waals surface area contributed by atoms with Gasteiger partial charge in [0.05, 0.1) is 6.04 Å². The monoisotopic (exact) mass is 232 g/mol. The van der Waals surface area contributed by atoms with Crippen molar-refractivity contribution in [3.8, 4) is 0 Å². The van der Waals surface area contributed by atoms with Crippen molar-refractivity contribution in [2.24, 2.45) is 0 Å². The van der Waals surface area contributed by atoms with E-state index in [9.17, 15) is 4.79 Å². The van der Waals surface area contributed by atoms with E-state index in [1.807, 2.05) is 6.07 Å². The van der Waals surface area contributed by atoms with Gasteiger partial charge in [-0.3, -0.25) is 14.8 Å². The molecule has 0 amide bonds. The lowest BCUT2D eigenvalue weighted by atomic mass is 10.2. The molecule has 2 aromatic heterocycles. The zero-order chi connectivity index (χ0) is 11.8. The van der Waals surface area contributed by atoms with Gasteiger partial charge in [0.25, 0.3) is 5.56 Å². The van der Waals surface area contributed by atoms with Gasteiger partial charge in [-0.15, -0.1) is 0 Å². The number of nitrogens with one attached hydrogen (secondary N) is 1. The molecule has 1 fully saturated rings. The molecule has 17 heavy (non-hydrogen) atoms. The molecule has 1 aliphatic heterocycles. The average molecular weight is 232 g/mol. The number of aromatic amines is 1. The van der Waals surface area contributed by atoms with Crippen LogP contribution in [0.25, 0.3) is 5.65 Å². The average Bonchev–Trinajstić information content (AvgIpc) is 2.94. The van der Waals surface area contributed by atoms with E-state index >= 15 is 0 Å². The third-order valence-electron chi connectivity index (χ3n) is 3.54. The van der Waals surface area contributed by atoms with Gasteiger partial charge >= 0.3 is 0 Å². The van der Waals surface area contributed by atoms with Crippen LogP contribution in [0.4, 0.5) is 0 Å². The van der Waals surface area contributed by atoms with Gasteiger partial charge in [-0.25, -0.2) is 4.40 Å². The first-order chi connectivity index (χ1) is 8.31. The molecule has 2 aromatic rings. The highest BCUT2D eigenvalue weighted by Gasteiger charge is 2.28. The zero-order valence-corrected chi connectivity index (χ0v) is 9.89. The Morgan fingerprint density at radius 3 is 3.24 bits per heavy atom. The number of hydrogen-bond donors (Lipinski definition) is 1. The predicted octanol–water partition coefficient (Wildman–Crippen LogP) is 1.18. The molecule has 1 aliphatic rings. The Hall–Kier alpha value is -1.62. The molecule has 0 spiro atoms. The van der Waals surface area contributed by atoms with Crippen LogP contribution >= 0.6 is 0 Å². The Balaban J connectivity index is 2.14. The first kappa shape index (κ1) is 10.5. The minimum atomic E-state index is -0.00537. The van der Waals surface area contributed by atoms with Gasteiger partial charge in [-0.2, -0.15) is 5.10 Å². The van der Waals surface area contributed by atoms with Gasteiger partial charge in [0, 0.05) is 6.07 Å². The fourth-order valence-corrected chi connectivity index (χ4v) is 2.70. The number of hydrogen-bond acceptors (Lipinski definition) is 3. The van der Waals surface area contributed by atoms with Crippen molar-refractivity contribution in [3.05, 3.63) is 34.4 Å². The molecular formula is C12H16N4O. The predicted molar refractivity (Wildman–Crippen MR) is 65.0 cm³/mol. The summed E-state index contributed by atoms with van der Waals surface area (Å²) in [6.07, 6.45) is 2.25. The van der Waals surface area contributed by atoms with E-state index in [-0.39, 0.29) is 11.6 Å². The highest BCUT2D eigenvalue weighted by atomic mass is 16.1. The summed E-state index contributed by atoms with van der Waals surface area (Å²) in [7, 11) is 0. The number of likely N-dealkylation sites (tertiary alicyclic amines) is 1. The Morgan fingerprint density at radius 1 is 1.53 bits per heavy atom. The van der Waals surface area contributed by atoms with Gasteiger partial charge in [0.1, 0.15) is 5.65 Å². The Labute approximate surface area is 99.1 Å². The minimum absolute atomic E-state index is 0.00537. The van der Waals surface area contributed by atoms with Crippen molar-refractivity contribution in [3.63, 3.8) is 0 Å². The summed E-state index contributed by atoms with van der Waals surface area (Å²) in [5, 5.41) is 7.27. The molecule has 1 N–H and O–H groups in total. The molecule has 1 unspecified atom stereocenters. The van der Waals surface area contributed by atoms with Crippen molar-refractivity contribution in [1.82, 2.24) is 19.5 Å². The van der Waals surface area contributed by atoms with Gasteiger partial charge in [0.2, 0.25) is 0 Å². The minimum Gasteiger partial charge on any atom is -0.294 e. The first-order valence-electron chi connectivity index (χ1n) is 6.11. The Bertz CT molecular complexity index is 585. The van der Waals surface area contributed by atoms with Crippen molar-refractivity contribution >= 4 is 5.65 Å². The Kier molecular flexibility index (Phi) is 2.48. The molecule has 0 aliphatic carbocycles. The van der Waals surface area contributed by atoms with Crippen LogP contribution in [0.5, 0.6) is 0 Å². The summed E-state index contributed by atoms with van der Waals surface area (Å²) in [4.78, 5) is 14.3. The highest BCUT2D eigenvalue weighted by molar-refractivity contribution is 5.37. The van der Waals surface area contributed by atoms with Crippen LogP contribution < -0.4 is 5.56 Å². The maximum absolute atomic E-state index is 11.9. The first-order valence-corrected chi connectivity index (χ1v) is 6.11. The van der Waals surface area contributed by atoms with Gasteiger partial charge < -0.3 is 0 Å². The molecule has 5 heteroatoms. The van der Waals surface area contributed by atoms with E-state index < -0.39 is 0 Å². The number of pyridine rings is 1. The lowest BCUT2D eigenvalue weighted by molar-refractivity contribution is 0.260. The fourth-order valence-electron chi connectivity index (χ4n) is 2.70. The maximum atomic E-state index is 11.9. The summed E-state index contributed by atoms with van der Waals surface area (Å²) in [5.74, 6) is 0.852. The number of nitrogens with zero attached hydrogens (tertiary/aromatic N) is 3. The van der Waals surface area contributed by atoms with Crippen LogP contribution in [0.15, 0.2) is 23.0 Å². The number of aromatic nitrogens is 3.